The first-order valence-electron chi connectivity index (χ1n) is 10.5. The van der Waals surface area contributed by atoms with Gasteiger partial charge < -0.3 is 14.2 Å². The van der Waals surface area contributed by atoms with Gasteiger partial charge in [0, 0.05) is 12.1 Å². The second-order valence-electron chi connectivity index (χ2n) is 7.64. The van der Waals surface area contributed by atoms with Crippen LogP contribution in [0.25, 0.3) is 6.08 Å². The Morgan fingerprint density at radius 1 is 1.08 bits per heavy atom. The molecular weight excluding hydrogens is 542 g/mol. The molecule has 0 saturated carbocycles. The van der Waals surface area contributed by atoms with Gasteiger partial charge in [-0.1, -0.05) is 35.4 Å². The van der Waals surface area contributed by atoms with E-state index in [4.69, 9.17) is 20.5 Å². The summed E-state index contributed by atoms with van der Waals surface area (Å²) in [6.07, 6.45) is 1.57. The number of amides is 1. The van der Waals surface area contributed by atoms with Crippen LogP contribution < -0.4 is 14.2 Å². The average Bonchev–Trinajstić information content (AvgIpc) is 3.19. The van der Waals surface area contributed by atoms with E-state index >= 15 is 0 Å². The van der Waals surface area contributed by atoms with Gasteiger partial charge in [-0.25, -0.2) is 4.99 Å². The summed E-state index contributed by atoms with van der Waals surface area (Å²) in [4.78, 5) is 27.3. The number of methoxy groups -OCH3 is 1. The van der Waals surface area contributed by atoms with Crippen molar-refractivity contribution < 1.29 is 27.1 Å². The molecule has 10 nitrogen and oxygen atoms in total. The van der Waals surface area contributed by atoms with Crippen LogP contribution in [0.4, 0.5) is 11.4 Å². The minimum absolute atomic E-state index is 0.00492. The maximum Gasteiger partial charge on any atom is 0.339 e. The summed E-state index contributed by atoms with van der Waals surface area (Å²) in [6.45, 7) is 1.84. The Bertz CT molecular complexity index is 1570. The van der Waals surface area contributed by atoms with E-state index in [0.717, 1.165) is 17.3 Å². The molecule has 1 aliphatic heterocycles. The third-order valence-electron chi connectivity index (χ3n) is 5.01. The zero-order valence-corrected chi connectivity index (χ0v) is 21.7. The largest absolute Gasteiger partial charge is 0.493 e. The normalized spacial score (nSPS) is 15.6. The summed E-state index contributed by atoms with van der Waals surface area (Å²) >= 11 is 7.12. The molecule has 1 amide bonds. The highest BCUT2D eigenvalue weighted by molar-refractivity contribution is 8.18. The lowest BCUT2D eigenvalue weighted by Gasteiger charge is -2.11. The van der Waals surface area contributed by atoms with Gasteiger partial charge in [-0.15, -0.1) is 0 Å². The zero-order valence-electron chi connectivity index (χ0n) is 19.3. The van der Waals surface area contributed by atoms with Crippen molar-refractivity contribution in [1.82, 2.24) is 5.32 Å². The molecule has 0 atom stereocenters. The van der Waals surface area contributed by atoms with Crippen molar-refractivity contribution in [3.8, 4) is 11.5 Å². The first kappa shape index (κ1) is 26.2. The second-order valence-corrected chi connectivity index (χ2v) is 10.6. The van der Waals surface area contributed by atoms with E-state index in [0.29, 0.717) is 10.5 Å². The first-order chi connectivity index (χ1) is 17.6. The number of nitrogens with zero attached hydrogens (tertiary/aromatic N) is 2. The van der Waals surface area contributed by atoms with Crippen molar-refractivity contribution in [1.29, 1.82) is 0 Å². The Morgan fingerprint density at radius 3 is 2.46 bits per heavy atom. The van der Waals surface area contributed by atoms with Crippen molar-refractivity contribution in [2.75, 3.05) is 7.11 Å². The molecule has 13 heteroatoms. The number of nitro benzene ring substituents is 1. The van der Waals surface area contributed by atoms with E-state index in [2.05, 4.69) is 10.3 Å². The summed E-state index contributed by atoms with van der Waals surface area (Å²) < 4.78 is 35.9. The predicted octanol–water partition coefficient (Wildman–Crippen LogP) is 5.22. The number of hydrogen-bond donors (Lipinski definition) is 1. The van der Waals surface area contributed by atoms with E-state index < -0.39 is 20.9 Å². The standard InChI is InChI=1S/C24H18ClN3O7S2/c1-14-3-7-17(8-4-14)37(32,33)35-20-10-5-15(11-21(20)34-2)12-22-23(29)27-24(36-22)26-19-9-6-16(28(30)31)13-18(19)25/h3-13H,1-2H3,(H,26,27,29)/b22-12+. The van der Waals surface area contributed by atoms with Gasteiger partial charge in [-0.2, -0.15) is 8.42 Å². The number of amidine groups is 1. The predicted molar refractivity (Wildman–Crippen MR) is 141 cm³/mol. The molecule has 0 bridgehead atoms. The molecule has 3 aromatic carbocycles. The van der Waals surface area contributed by atoms with Crippen LogP contribution in [0.1, 0.15) is 11.1 Å². The van der Waals surface area contributed by atoms with E-state index in [1.165, 1.54) is 49.6 Å². The number of halogens is 1. The summed E-state index contributed by atoms with van der Waals surface area (Å²) in [5, 5.41) is 13.8. The molecule has 1 saturated heterocycles. The summed E-state index contributed by atoms with van der Waals surface area (Å²) in [5.41, 5.74) is 1.54. The molecule has 3 aromatic rings. The molecule has 0 radical (unpaired) electrons. The molecule has 0 aliphatic carbocycles. The first-order valence-corrected chi connectivity index (χ1v) is 13.1. The number of non-ortho nitro benzene ring substituents is 1. The fourth-order valence-electron chi connectivity index (χ4n) is 3.16. The minimum atomic E-state index is -4.08. The van der Waals surface area contributed by atoms with Crippen LogP contribution in [0.15, 0.2) is 75.5 Å². The van der Waals surface area contributed by atoms with E-state index in [-0.39, 0.29) is 38.0 Å². The van der Waals surface area contributed by atoms with Crippen molar-refractivity contribution in [3.05, 3.63) is 91.8 Å². The van der Waals surface area contributed by atoms with Crippen LogP contribution in [0.3, 0.4) is 0 Å². The fourth-order valence-corrected chi connectivity index (χ4v) is 5.15. The molecule has 37 heavy (non-hydrogen) atoms. The van der Waals surface area contributed by atoms with Gasteiger partial charge >= 0.3 is 10.1 Å². The molecule has 0 spiro atoms. The number of ether oxygens (including phenoxy) is 1. The molecule has 0 unspecified atom stereocenters. The molecule has 1 N–H and O–H groups in total. The van der Waals surface area contributed by atoms with Gasteiger partial charge in [0.2, 0.25) is 0 Å². The smallest absolute Gasteiger partial charge is 0.339 e. The molecule has 1 aliphatic rings. The fraction of sp³-hybridized carbons (Fsp3) is 0.0833. The molecule has 4 rings (SSSR count). The maximum absolute atomic E-state index is 12.6. The van der Waals surface area contributed by atoms with Gasteiger partial charge in [-0.3, -0.25) is 14.9 Å². The van der Waals surface area contributed by atoms with Crippen LogP contribution in [-0.2, 0) is 14.9 Å². The highest BCUT2D eigenvalue weighted by atomic mass is 35.5. The number of benzene rings is 3. The highest BCUT2D eigenvalue weighted by Gasteiger charge is 2.25. The lowest BCUT2D eigenvalue weighted by atomic mass is 10.2. The Morgan fingerprint density at radius 2 is 1.81 bits per heavy atom. The van der Waals surface area contributed by atoms with Gasteiger partial charge in [0.25, 0.3) is 11.6 Å². The summed E-state index contributed by atoms with van der Waals surface area (Å²) in [5.74, 6) is -0.271. The van der Waals surface area contributed by atoms with Crippen LogP contribution in [0.5, 0.6) is 11.5 Å². The molecule has 190 valence electrons. The Balaban J connectivity index is 1.55. The number of nitrogens with one attached hydrogen (secondary N) is 1. The lowest BCUT2D eigenvalue weighted by Crippen LogP contribution is -2.19. The topological polar surface area (TPSA) is 137 Å². The average molecular weight is 560 g/mol. The number of carbonyl (C=O) groups excluding carboxylic acids is 1. The number of thioether (sulfide) groups is 1. The molecular formula is C24H18ClN3O7S2. The lowest BCUT2D eigenvalue weighted by molar-refractivity contribution is -0.384. The number of nitro groups is 1. The minimum Gasteiger partial charge on any atom is -0.493 e. The van der Waals surface area contributed by atoms with Crippen molar-refractivity contribution in [3.63, 3.8) is 0 Å². The van der Waals surface area contributed by atoms with E-state index in [1.54, 1.807) is 24.3 Å². The van der Waals surface area contributed by atoms with Crippen molar-refractivity contribution in [2.45, 2.75) is 11.8 Å². The van der Waals surface area contributed by atoms with E-state index in [1.807, 2.05) is 6.92 Å². The van der Waals surface area contributed by atoms with Crippen LogP contribution >= 0.6 is 23.4 Å². The van der Waals surface area contributed by atoms with Gasteiger partial charge in [0.1, 0.15) is 4.90 Å². The van der Waals surface area contributed by atoms with Crippen LogP contribution in [0, 0.1) is 17.0 Å². The van der Waals surface area contributed by atoms with Crippen molar-refractivity contribution in [2.24, 2.45) is 4.99 Å². The Kier molecular flexibility index (Phi) is 7.52. The summed E-state index contributed by atoms with van der Waals surface area (Å²) in [7, 11) is -2.71. The number of aryl methyl sites for hydroxylation is 1. The molecule has 0 aromatic heterocycles. The third-order valence-corrected chi connectivity index (χ3v) is 7.47. The van der Waals surface area contributed by atoms with Gasteiger partial charge in [0.05, 0.1) is 27.6 Å². The number of hydrogen-bond acceptors (Lipinski definition) is 9. The second kappa shape index (κ2) is 10.6. The zero-order chi connectivity index (χ0) is 26.7. The van der Waals surface area contributed by atoms with E-state index in [9.17, 15) is 23.3 Å². The Hall–Kier alpha value is -3.87. The highest BCUT2D eigenvalue weighted by Crippen LogP contribution is 2.35. The quantitative estimate of drug-likeness (QED) is 0.180. The Labute approximate surface area is 221 Å². The van der Waals surface area contributed by atoms with Crippen LogP contribution in [-0.4, -0.2) is 31.5 Å². The van der Waals surface area contributed by atoms with Gasteiger partial charge in [0.15, 0.2) is 16.7 Å². The van der Waals surface area contributed by atoms with Crippen molar-refractivity contribution >= 4 is 62.0 Å². The van der Waals surface area contributed by atoms with Crippen LogP contribution in [0.2, 0.25) is 5.02 Å². The van der Waals surface area contributed by atoms with Gasteiger partial charge in [-0.05, 0) is 60.7 Å². The molecule has 1 heterocycles. The number of rotatable bonds is 7. The maximum atomic E-state index is 12.6. The molecule has 1 fully saturated rings. The monoisotopic (exact) mass is 559 g/mol. The summed E-state index contributed by atoms with van der Waals surface area (Å²) in [6, 6.07) is 14.6. The number of aliphatic imine (C=N–C) groups is 1. The number of carbonyl (C=O) groups is 1. The third kappa shape index (κ3) is 6.10. The SMILES string of the molecule is COc1cc(/C=C2/SC(=Nc3ccc([N+](=O)[O-])cc3Cl)NC2=O)ccc1OS(=O)(=O)c1ccc(C)cc1.